The Hall–Kier alpha value is -2.20. The van der Waals surface area contributed by atoms with Gasteiger partial charge < -0.3 is 5.10 Å². The zero-order valence-corrected chi connectivity index (χ0v) is 14.9. The molecule has 0 atom stereocenters. The number of benzene rings is 1. The predicted molar refractivity (Wildman–Crippen MR) is 87.6 cm³/mol. The van der Waals surface area contributed by atoms with Gasteiger partial charge in [-0.3, -0.25) is 14.3 Å². The summed E-state index contributed by atoms with van der Waals surface area (Å²) in [6.07, 6.45) is 3.18. The number of rotatable bonds is 5. The lowest BCUT2D eigenvalue weighted by Gasteiger charge is -2.09. The third-order valence-corrected chi connectivity index (χ3v) is 5.30. The van der Waals surface area contributed by atoms with Crippen LogP contribution in [0.2, 0.25) is 0 Å². The zero-order chi connectivity index (χ0) is 18.3. The van der Waals surface area contributed by atoms with Gasteiger partial charge in [0.1, 0.15) is 5.56 Å². The highest BCUT2D eigenvalue weighted by Gasteiger charge is 2.22. The molecule has 10 heteroatoms. The molecule has 2 aromatic rings. The molecule has 0 saturated heterocycles. The average molecular weight is 372 g/mol. The molecule has 8 nitrogen and oxygen atoms in total. The lowest BCUT2D eigenvalue weighted by atomic mass is 10.0. The number of hydrogen-bond acceptors (Lipinski definition) is 6. The van der Waals surface area contributed by atoms with Crippen LogP contribution >= 0.6 is 0 Å². The summed E-state index contributed by atoms with van der Waals surface area (Å²) in [6, 6.07) is 3.60. The molecule has 1 aromatic carbocycles. The quantitative estimate of drug-likeness (QED) is 0.731. The maximum absolute atomic E-state index is 12.6. The molecule has 24 heavy (non-hydrogen) atoms. The molecule has 1 aromatic heterocycles. The highest BCUT2D eigenvalue weighted by atomic mass is 32.2. The van der Waals surface area contributed by atoms with E-state index in [2.05, 4.69) is 5.10 Å². The highest BCUT2D eigenvalue weighted by molar-refractivity contribution is 7.90. The van der Waals surface area contributed by atoms with Crippen molar-refractivity contribution < 1.29 is 21.6 Å². The molecule has 0 fully saturated rings. The Bertz CT molecular complexity index is 1070. The molecule has 0 saturated carbocycles. The van der Waals surface area contributed by atoms with Crippen LogP contribution in [0.3, 0.4) is 0 Å². The number of carbonyl (C=O) groups excluding carboxylic acids is 1. The molecule has 0 bridgehead atoms. The van der Waals surface area contributed by atoms with E-state index in [1.165, 1.54) is 25.4 Å². The van der Waals surface area contributed by atoms with Gasteiger partial charge in [0.15, 0.2) is 25.5 Å². The largest absolute Gasteiger partial charge is 0.302 e. The van der Waals surface area contributed by atoms with E-state index < -0.39 is 36.8 Å². The Morgan fingerprint density at radius 3 is 2.21 bits per heavy atom. The predicted octanol–water partition coefficient (Wildman–Crippen LogP) is -0.107. The van der Waals surface area contributed by atoms with Crippen LogP contribution in [0, 0.1) is 0 Å². The first-order chi connectivity index (χ1) is 10.9. The number of ketones is 1. The van der Waals surface area contributed by atoms with Crippen molar-refractivity contribution in [1.29, 1.82) is 0 Å². The molecule has 1 N–H and O–H groups in total. The molecular weight excluding hydrogens is 356 g/mol. The first-order valence-electron chi connectivity index (χ1n) is 6.70. The van der Waals surface area contributed by atoms with Crippen molar-refractivity contribution in [2.75, 3.05) is 12.5 Å². The van der Waals surface area contributed by atoms with Gasteiger partial charge in [0.2, 0.25) is 0 Å². The highest BCUT2D eigenvalue weighted by Crippen LogP contribution is 2.20. The fourth-order valence-electron chi connectivity index (χ4n) is 2.19. The molecule has 0 unspecified atom stereocenters. The number of aromatic nitrogens is 2. The lowest BCUT2D eigenvalue weighted by molar-refractivity contribution is 0.103. The van der Waals surface area contributed by atoms with Crippen LogP contribution in [0.1, 0.15) is 21.5 Å². The van der Waals surface area contributed by atoms with Gasteiger partial charge in [0.05, 0.1) is 10.6 Å². The zero-order valence-electron chi connectivity index (χ0n) is 13.2. The SMILES string of the molecule is Cn1[nH]cc(C(=O)c2ccc(S(C)(=O)=O)cc2CS(C)(=O)=O)c1=O. The van der Waals surface area contributed by atoms with Gasteiger partial charge in [-0.2, -0.15) is 0 Å². The van der Waals surface area contributed by atoms with Crippen LogP contribution in [0.5, 0.6) is 0 Å². The van der Waals surface area contributed by atoms with E-state index in [0.29, 0.717) is 0 Å². The molecule has 0 aliphatic carbocycles. The summed E-state index contributed by atoms with van der Waals surface area (Å²) < 4.78 is 47.7. The van der Waals surface area contributed by atoms with Gasteiger partial charge in [0.25, 0.3) is 5.56 Å². The third-order valence-electron chi connectivity index (χ3n) is 3.35. The van der Waals surface area contributed by atoms with E-state index in [4.69, 9.17) is 0 Å². The van der Waals surface area contributed by atoms with Crippen molar-refractivity contribution >= 4 is 25.5 Å². The van der Waals surface area contributed by atoms with E-state index in [9.17, 15) is 26.4 Å². The molecule has 0 radical (unpaired) electrons. The molecular formula is C14H16N2O6S2. The van der Waals surface area contributed by atoms with Gasteiger partial charge in [0, 0.05) is 31.3 Å². The molecule has 0 aliphatic heterocycles. The maximum Gasteiger partial charge on any atom is 0.277 e. The van der Waals surface area contributed by atoms with E-state index in [1.54, 1.807) is 0 Å². The second-order valence-electron chi connectivity index (χ2n) is 5.54. The fraction of sp³-hybridized carbons (Fsp3) is 0.286. The summed E-state index contributed by atoms with van der Waals surface area (Å²) in [5.41, 5.74) is -0.699. The number of nitrogens with one attached hydrogen (secondary N) is 1. The van der Waals surface area contributed by atoms with Crippen LogP contribution in [0.25, 0.3) is 0 Å². The summed E-state index contributed by atoms with van der Waals surface area (Å²) in [6.45, 7) is 0. The van der Waals surface area contributed by atoms with Crippen molar-refractivity contribution in [3.05, 3.63) is 51.4 Å². The summed E-state index contributed by atoms with van der Waals surface area (Å²) in [5, 5.41) is 2.56. The number of carbonyl (C=O) groups is 1. The Labute approximate surface area is 138 Å². The Kier molecular flexibility index (Phi) is 4.55. The van der Waals surface area contributed by atoms with Gasteiger partial charge >= 0.3 is 0 Å². The van der Waals surface area contributed by atoms with Crippen LogP contribution in [-0.2, 0) is 32.5 Å². The lowest BCUT2D eigenvalue weighted by Crippen LogP contribution is -2.20. The minimum absolute atomic E-state index is 0.0236. The average Bonchev–Trinajstić information content (AvgIpc) is 2.75. The number of H-pyrrole nitrogens is 1. The second-order valence-corrected chi connectivity index (χ2v) is 9.70. The van der Waals surface area contributed by atoms with Crippen LogP contribution in [0.4, 0.5) is 0 Å². The molecule has 1 heterocycles. The van der Waals surface area contributed by atoms with Crippen molar-refractivity contribution in [3.63, 3.8) is 0 Å². The van der Waals surface area contributed by atoms with Gasteiger partial charge in [-0.25, -0.2) is 16.8 Å². The van der Waals surface area contributed by atoms with Crippen molar-refractivity contribution in [3.8, 4) is 0 Å². The number of aromatic amines is 1. The normalized spacial score (nSPS) is 12.3. The third kappa shape index (κ3) is 3.82. The van der Waals surface area contributed by atoms with E-state index in [0.717, 1.165) is 23.3 Å². The minimum atomic E-state index is -3.57. The second kappa shape index (κ2) is 6.02. The van der Waals surface area contributed by atoms with Gasteiger partial charge in [-0.05, 0) is 23.8 Å². The van der Waals surface area contributed by atoms with Crippen molar-refractivity contribution in [2.24, 2.45) is 7.05 Å². The Balaban J connectivity index is 2.67. The fourth-order valence-corrected chi connectivity index (χ4v) is 3.67. The van der Waals surface area contributed by atoms with Gasteiger partial charge in [-0.15, -0.1) is 0 Å². The van der Waals surface area contributed by atoms with Crippen molar-refractivity contribution in [2.45, 2.75) is 10.6 Å². The van der Waals surface area contributed by atoms with Crippen molar-refractivity contribution in [1.82, 2.24) is 9.78 Å². The van der Waals surface area contributed by atoms with Crippen LogP contribution in [0.15, 0.2) is 34.1 Å². The topological polar surface area (TPSA) is 123 Å². The van der Waals surface area contributed by atoms with E-state index in [-0.39, 0.29) is 21.6 Å². The first-order valence-corrected chi connectivity index (χ1v) is 10.6. The molecule has 130 valence electrons. The molecule has 0 amide bonds. The molecule has 0 spiro atoms. The van der Waals surface area contributed by atoms with Crippen LogP contribution in [-0.4, -0.2) is 44.9 Å². The maximum atomic E-state index is 12.6. The number of hydrogen-bond donors (Lipinski definition) is 1. The summed E-state index contributed by atoms with van der Waals surface area (Å²) in [5.74, 6) is -1.18. The Morgan fingerprint density at radius 1 is 1.12 bits per heavy atom. The number of aryl methyl sites for hydroxylation is 1. The molecule has 0 aliphatic rings. The standard InChI is InChI=1S/C14H16N2O6S2/c1-16-14(18)12(7-15-16)13(17)11-5-4-10(24(3,21)22)6-9(11)8-23(2,19)20/h4-7,15H,8H2,1-3H3. The van der Waals surface area contributed by atoms with E-state index in [1.807, 2.05) is 0 Å². The first kappa shape index (κ1) is 18.1. The smallest absolute Gasteiger partial charge is 0.277 e. The van der Waals surface area contributed by atoms with E-state index >= 15 is 0 Å². The summed E-state index contributed by atoms with van der Waals surface area (Å²) >= 11 is 0. The Morgan fingerprint density at radius 2 is 1.75 bits per heavy atom. The minimum Gasteiger partial charge on any atom is -0.302 e. The monoisotopic (exact) mass is 372 g/mol. The van der Waals surface area contributed by atoms with Crippen LogP contribution < -0.4 is 5.56 Å². The summed E-state index contributed by atoms with van der Waals surface area (Å²) in [4.78, 5) is 24.4. The number of sulfone groups is 2. The summed E-state index contributed by atoms with van der Waals surface area (Å²) in [7, 11) is -5.66. The van der Waals surface area contributed by atoms with Gasteiger partial charge in [-0.1, -0.05) is 0 Å². The molecule has 2 rings (SSSR count). The number of nitrogens with zero attached hydrogens (tertiary/aromatic N) is 1.